The Morgan fingerprint density at radius 3 is 2.77 bits per heavy atom. The Hall–Kier alpha value is -2.42. The number of amides is 1. The van der Waals surface area contributed by atoms with E-state index in [0.29, 0.717) is 18.2 Å². The van der Waals surface area contributed by atoms with Gasteiger partial charge in [-0.3, -0.25) is 19.9 Å². The molecule has 10 heteroatoms. The molecule has 1 fully saturated rings. The van der Waals surface area contributed by atoms with Gasteiger partial charge in [-0.05, 0) is 63.0 Å². The molecular weight excluding hydrogens is 429 g/mol. The first-order valence-electron chi connectivity index (χ1n) is 9.49. The van der Waals surface area contributed by atoms with Crippen LogP contribution in [0.4, 0.5) is 11.4 Å². The number of carbonyl (C=O) groups excluding carboxylic acids is 1. The van der Waals surface area contributed by atoms with E-state index in [2.05, 4.69) is 20.9 Å². The Kier molecular flexibility index (Phi) is 10.5. The van der Waals surface area contributed by atoms with Gasteiger partial charge in [-0.25, -0.2) is 0 Å². The second kappa shape index (κ2) is 12.3. The zero-order chi connectivity index (χ0) is 19.9. The molecule has 0 radical (unpaired) electrons. The number of halogens is 2. The molecule has 1 aromatic heterocycles. The smallest absolute Gasteiger partial charge is 0.293 e. The van der Waals surface area contributed by atoms with Gasteiger partial charge in [0.25, 0.3) is 11.6 Å². The fraction of sp³-hybridized carbons (Fsp3) is 0.400. The number of rotatable bonds is 8. The summed E-state index contributed by atoms with van der Waals surface area (Å²) in [5.41, 5.74) is 1.29. The zero-order valence-corrected chi connectivity index (χ0v) is 18.3. The quantitative estimate of drug-likeness (QED) is 0.413. The minimum absolute atomic E-state index is 0. The highest BCUT2D eigenvalue weighted by molar-refractivity contribution is 5.95. The second-order valence-corrected chi connectivity index (χ2v) is 7.01. The number of nitro benzene ring substituents is 1. The van der Waals surface area contributed by atoms with Gasteiger partial charge in [0.1, 0.15) is 5.69 Å². The van der Waals surface area contributed by atoms with Crippen molar-refractivity contribution >= 4 is 42.1 Å². The summed E-state index contributed by atoms with van der Waals surface area (Å²) in [4.78, 5) is 27.7. The molecule has 3 N–H and O–H groups in total. The number of nitrogens with zero attached hydrogens (tertiary/aromatic N) is 2. The number of anilines is 1. The lowest BCUT2D eigenvalue weighted by Crippen LogP contribution is -2.26. The van der Waals surface area contributed by atoms with Crippen LogP contribution in [0, 0.1) is 16.0 Å². The highest BCUT2D eigenvalue weighted by Crippen LogP contribution is 2.29. The fourth-order valence-corrected chi connectivity index (χ4v) is 3.34. The molecule has 1 amide bonds. The van der Waals surface area contributed by atoms with E-state index < -0.39 is 4.92 Å². The Morgan fingerprint density at radius 1 is 1.33 bits per heavy atom. The Bertz CT molecular complexity index is 832. The lowest BCUT2D eigenvalue weighted by Gasteiger charge is -2.15. The van der Waals surface area contributed by atoms with Crippen LogP contribution >= 0.6 is 24.8 Å². The van der Waals surface area contributed by atoms with E-state index in [9.17, 15) is 14.9 Å². The van der Waals surface area contributed by atoms with Crippen LogP contribution < -0.4 is 16.0 Å². The van der Waals surface area contributed by atoms with Crippen LogP contribution in [0.3, 0.4) is 0 Å². The standard InChI is InChI=1S/C20H25N5O3.2ClH/c1-14(17-4-2-3-9-22-17)24-18-6-5-16(12-19(18)25(27)28)20(26)23-11-8-15-7-10-21-13-15;;/h2-6,9,12,14-15,21,24H,7-8,10-11,13H2,1H3,(H,23,26);2*1H. The SMILES string of the molecule is CC(Nc1ccc(C(=O)NCCC2CCNC2)cc1[N+](=O)[O-])c1ccccn1.Cl.Cl. The van der Waals surface area contributed by atoms with Crippen molar-refractivity contribution in [1.82, 2.24) is 15.6 Å². The summed E-state index contributed by atoms with van der Waals surface area (Å²) in [5.74, 6) is 0.285. The average molecular weight is 456 g/mol. The monoisotopic (exact) mass is 455 g/mol. The third-order valence-electron chi connectivity index (χ3n) is 4.96. The lowest BCUT2D eigenvalue weighted by atomic mass is 10.1. The van der Waals surface area contributed by atoms with Gasteiger partial charge in [-0.15, -0.1) is 24.8 Å². The molecule has 2 aromatic rings. The van der Waals surface area contributed by atoms with Crippen LogP contribution in [0.2, 0.25) is 0 Å². The van der Waals surface area contributed by atoms with Gasteiger partial charge in [-0.1, -0.05) is 6.07 Å². The minimum atomic E-state index is -0.478. The predicted octanol–water partition coefficient (Wildman–Crippen LogP) is 3.74. The molecule has 164 valence electrons. The molecule has 1 saturated heterocycles. The number of hydrogen-bond donors (Lipinski definition) is 3. The number of pyridine rings is 1. The van der Waals surface area contributed by atoms with Crippen molar-refractivity contribution in [1.29, 1.82) is 0 Å². The first-order valence-corrected chi connectivity index (χ1v) is 9.49. The minimum Gasteiger partial charge on any atom is -0.371 e. The summed E-state index contributed by atoms with van der Waals surface area (Å²) in [7, 11) is 0. The number of hydrogen-bond acceptors (Lipinski definition) is 6. The number of nitro groups is 1. The summed E-state index contributed by atoms with van der Waals surface area (Å²) >= 11 is 0. The van der Waals surface area contributed by atoms with Crippen molar-refractivity contribution in [2.75, 3.05) is 25.0 Å². The molecule has 3 rings (SSSR count). The van der Waals surface area contributed by atoms with Crippen LogP contribution in [0.15, 0.2) is 42.6 Å². The lowest BCUT2D eigenvalue weighted by molar-refractivity contribution is -0.384. The third kappa shape index (κ3) is 6.83. The van der Waals surface area contributed by atoms with E-state index >= 15 is 0 Å². The number of benzene rings is 1. The third-order valence-corrected chi connectivity index (χ3v) is 4.96. The molecule has 0 spiro atoms. The summed E-state index contributed by atoms with van der Waals surface area (Å²) in [6.07, 6.45) is 3.70. The maximum absolute atomic E-state index is 12.4. The van der Waals surface area contributed by atoms with E-state index in [1.807, 2.05) is 25.1 Å². The highest BCUT2D eigenvalue weighted by atomic mass is 35.5. The van der Waals surface area contributed by atoms with Crippen LogP contribution in [0.1, 0.15) is 41.9 Å². The van der Waals surface area contributed by atoms with Gasteiger partial charge in [-0.2, -0.15) is 0 Å². The molecule has 30 heavy (non-hydrogen) atoms. The molecule has 8 nitrogen and oxygen atoms in total. The normalized spacial score (nSPS) is 16.0. The van der Waals surface area contributed by atoms with Crippen LogP contribution in [0.5, 0.6) is 0 Å². The molecule has 0 bridgehead atoms. The van der Waals surface area contributed by atoms with Gasteiger partial charge in [0, 0.05) is 24.4 Å². The molecule has 0 saturated carbocycles. The van der Waals surface area contributed by atoms with Crippen molar-refractivity contribution in [3.05, 3.63) is 64.0 Å². The molecule has 2 heterocycles. The van der Waals surface area contributed by atoms with Gasteiger partial charge >= 0.3 is 0 Å². The van der Waals surface area contributed by atoms with Crippen molar-refractivity contribution < 1.29 is 9.72 Å². The second-order valence-electron chi connectivity index (χ2n) is 7.01. The maximum atomic E-state index is 12.4. The van der Waals surface area contributed by atoms with E-state index in [-0.39, 0.29) is 48.0 Å². The largest absolute Gasteiger partial charge is 0.371 e. The van der Waals surface area contributed by atoms with Crippen LogP contribution in [0.25, 0.3) is 0 Å². The molecule has 2 atom stereocenters. The van der Waals surface area contributed by atoms with Crippen molar-refractivity contribution in [3.8, 4) is 0 Å². The van der Waals surface area contributed by atoms with E-state index in [1.165, 1.54) is 6.07 Å². The number of nitrogens with one attached hydrogen (secondary N) is 3. The van der Waals surface area contributed by atoms with Crippen molar-refractivity contribution in [3.63, 3.8) is 0 Å². The fourth-order valence-electron chi connectivity index (χ4n) is 3.34. The van der Waals surface area contributed by atoms with E-state index in [1.54, 1.807) is 18.3 Å². The maximum Gasteiger partial charge on any atom is 0.293 e. The van der Waals surface area contributed by atoms with Gasteiger partial charge in [0.15, 0.2) is 0 Å². The molecule has 1 aliphatic heterocycles. The van der Waals surface area contributed by atoms with Crippen LogP contribution in [-0.4, -0.2) is 35.4 Å². The Balaban J connectivity index is 0.00000225. The van der Waals surface area contributed by atoms with Gasteiger partial charge in [0.2, 0.25) is 0 Å². The Morgan fingerprint density at radius 2 is 2.13 bits per heavy atom. The average Bonchev–Trinajstić information content (AvgIpc) is 3.22. The van der Waals surface area contributed by atoms with E-state index in [4.69, 9.17) is 0 Å². The van der Waals surface area contributed by atoms with Crippen molar-refractivity contribution in [2.24, 2.45) is 5.92 Å². The summed E-state index contributed by atoms with van der Waals surface area (Å²) in [6, 6.07) is 9.82. The summed E-state index contributed by atoms with van der Waals surface area (Å²) in [6.45, 7) is 4.45. The molecular formula is C20H27Cl2N5O3. The Labute approximate surface area is 188 Å². The number of aromatic nitrogens is 1. The first-order chi connectivity index (χ1) is 13.5. The molecule has 2 unspecified atom stereocenters. The van der Waals surface area contributed by atoms with Gasteiger partial charge < -0.3 is 16.0 Å². The zero-order valence-electron chi connectivity index (χ0n) is 16.7. The number of carbonyl (C=O) groups is 1. The summed E-state index contributed by atoms with van der Waals surface area (Å²) in [5, 5.41) is 20.8. The molecule has 0 aliphatic carbocycles. The highest BCUT2D eigenvalue weighted by Gasteiger charge is 2.20. The van der Waals surface area contributed by atoms with Crippen LogP contribution in [-0.2, 0) is 0 Å². The van der Waals surface area contributed by atoms with Crippen molar-refractivity contribution in [2.45, 2.75) is 25.8 Å². The molecule has 1 aliphatic rings. The van der Waals surface area contributed by atoms with E-state index in [0.717, 1.165) is 31.6 Å². The topological polar surface area (TPSA) is 109 Å². The van der Waals surface area contributed by atoms with Gasteiger partial charge in [0.05, 0.1) is 16.7 Å². The first kappa shape index (κ1) is 25.6. The predicted molar refractivity (Wildman–Crippen MR) is 122 cm³/mol. The molecule has 1 aromatic carbocycles. The summed E-state index contributed by atoms with van der Waals surface area (Å²) < 4.78 is 0.